The largest absolute Gasteiger partial charge is 0.435 e. The van der Waals surface area contributed by atoms with Gasteiger partial charge in [-0.2, -0.15) is 17.6 Å². The number of nitrogens with zero attached hydrogens (tertiary/aromatic N) is 2. The van der Waals surface area contributed by atoms with Crippen LogP contribution in [0.25, 0.3) is 6.08 Å². The van der Waals surface area contributed by atoms with Gasteiger partial charge in [0.25, 0.3) is 0 Å². The maximum Gasteiger partial charge on any atom is 0.387 e. The molecule has 1 saturated heterocycles. The number of morpholine rings is 1. The molecule has 0 bridgehead atoms. The number of rotatable bonds is 9. The number of hydrogen-bond acceptors (Lipinski definition) is 6. The minimum atomic E-state index is -3.18. The lowest BCUT2D eigenvalue weighted by Gasteiger charge is -2.28. The second-order valence-corrected chi connectivity index (χ2v) is 6.63. The highest BCUT2D eigenvalue weighted by Gasteiger charge is 2.14. The minimum absolute atomic E-state index is 0.0978. The molecule has 0 unspecified atom stereocenters. The zero-order valence-corrected chi connectivity index (χ0v) is 16.8. The van der Waals surface area contributed by atoms with E-state index in [9.17, 15) is 22.4 Å². The molecule has 1 aliphatic rings. The third-order valence-corrected chi connectivity index (χ3v) is 4.45. The van der Waals surface area contributed by atoms with E-state index in [4.69, 9.17) is 4.74 Å². The number of hydrogen-bond donors (Lipinski definition) is 1. The molecule has 2 aromatic rings. The Kier molecular flexibility index (Phi) is 8.26. The van der Waals surface area contributed by atoms with Gasteiger partial charge in [-0.3, -0.25) is 4.79 Å². The fourth-order valence-electron chi connectivity index (χ4n) is 2.98. The number of nitrogens with one attached hydrogen (secondary N) is 1. The lowest BCUT2D eigenvalue weighted by molar-refractivity contribution is -0.116. The van der Waals surface area contributed by atoms with Crippen LogP contribution in [0.3, 0.4) is 0 Å². The van der Waals surface area contributed by atoms with Crippen LogP contribution in [0, 0.1) is 0 Å². The highest BCUT2D eigenvalue weighted by Crippen LogP contribution is 2.28. The van der Waals surface area contributed by atoms with E-state index in [0.29, 0.717) is 13.2 Å². The molecule has 1 aromatic heterocycles. The Morgan fingerprint density at radius 2 is 1.88 bits per heavy atom. The number of carbonyl (C=O) groups excluding carboxylic acids is 1. The molecule has 11 heteroatoms. The normalized spacial score (nSPS) is 14.2. The molecule has 0 saturated carbocycles. The lowest BCUT2D eigenvalue weighted by atomic mass is 10.1. The van der Waals surface area contributed by atoms with Crippen molar-refractivity contribution in [1.29, 1.82) is 0 Å². The molecule has 172 valence electrons. The molecule has 3 rings (SSSR count). The summed E-state index contributed by atoms with van der Waals surface area (Å²) in [4.78, 5) is 18.6. The third kappa shape index (κ3) is 7.12. The smallest absolute Gasteiger partial charge is 0.387 e. The zero-order valence-electron chi connectivity index (χ0n) is 16.8. The van der Waals surface area contributed by atoms with Gasteiger partial charge >= 0.3 is 13.2 Å². The van der Waals surface area contributed by atoms with Gasteiger partial charge in [-0.1, -0.05) is 0 Å². The molecule has 32 heavy (non-hydrogen) atoms. The first-order valence-corrected chi connectivity index (χ1v) is 9.68. The molecule has 0 atom stereocenters. The average Bonchev–Trinajstić information content (AvgIpc) is 2.77. The SMILES string of the molecule is O=C(/C=C/c1ccc(OC(F)F)cc1OC(F)F)NCc1ccnc(N2CCOCC2)c1. The number of pyridine rings is 1. The molecular formula is C21H21F4N3O4. The standard InChI is InChI=1S/C21H21F4N3O4/c22-20(23)31-16-3-1-15(17(12-16)32-21(24)25)2-4-19(29)27-13-14-5-6-26-18(11-14)28-7-9-30-10-8-28/h1-6,11-12,20-21H,7-10,13H2,(H,27,29)/b4-2+. The van der Waals surface area contributed by atoms with Crippen LogP contribution in [-0.2, 0) is 16.1 Å². The molecule has 1 aliphatic heterocycles. The van der Waals surface area contributed by atoms with E-state index < -0.39 is 24.9 Å². The lowest BCUT2D eigenvalue weighted by Crippen LogP contribution is -2.36. The third-order valence-electron chi connectivity index (χ3n) is 4.45. The van der Waals surface area contributed by atoms with Crippen molar-refractivity contribution in [2.45, 2.75) is 19.8 Å². The molecule has 0 aliphatic carbocycles. The predicted molar refractivity (Wildman–Crippen MR) is 108 cm³/mol. The number of carbonyl (C=O) groups is 1. The van der Waals surface area contributed by atoms with E-state index in [-0.39, 0.29) is 17.9 Å². The second kappa shape index (κ2) is 11.3. The maximum atomic E-state index is 12.6. The van der Waals surface area contributed by atoms with Crippen LogP contribution < -0.4 is 19.7 Å². The molecule has 0 spiro atoms. The quantitative estimate of drug-likeness (QED) is 0.461. The summed E-state index contributed by atoms with van der Waals surface area (Å²) in [7, 11) is 0. The molecule has 1 fully saturated rings. The summed E-state index contributed by atoms with van der Waals surface area (Å²) >= 11 is 0. The van der Waals surface area contributed by atoms with Gasteiger partial charge in [-0.25, -0.2) is 4.98 Å². The van der Waals surface area contributed by atoms with Crippen LogP contribution in [0.2, 0.25) is 0 Å². The average molecular weight is 455 g/mol. The highest BCUT2D eigenvalue weighted by atomic mass is 19.3. The van der Waals surface area contributed by atoms with Gasteiger partial charge in [0.15, 0.2) is 0 Å². The number of aromatic nitrogens is 1. The Labute approximate surface area is 181 Å². The van der Waals surface area contributed by atoms with Gasteiger partial charge in [0, 0.05) is 43.5 Å². The molecule has 1 amide bonds. The van der Waals surface area contributed by atoms with E-state index in [2.05, 4.69) is 24.7 Å². The van der Waals surface area contributed by atoms with Gasteiger partial charge < -0.3 is 24.4 Å². The van der Waals surface area contributed by atoms with Gasteiger partial charge in [-0.05, 0) is 35.9 Å². The van der Waals surface area contributed by atoms with Crippen molar-refractivity contribution in [1.82, 2.24) is 10.3 Å². The van der Waals surface area contributed by atoms with Crippen LogP contribution in [0.1, 0.15) is 11.1 Å². The van der Waals surface area contributed by atoms with Crippen LogP contribution >= 0.6 is 0 Å². The first-order chi connectivity index (χ1) is 15.4. The van der Waals surface area contributed by atoms with Crippen molar-refractivity contribution in [3.05, 3.63) is 53.7 Å². The van der Waals surface area contributed by atoms with Crippen molar-refractivity contribution in [3.8, 4) is 11.5 Å². The van der Waals surface area contributed by atoms with E-state index in [1.807, 2.05) is 6.07 Å². The fourth-order valence-corrected chi connectivity index (χ4v) is 2.98. The Morgan fingerprint density at radius 3 is 2.59 bits per heavy atom. The number of amides is 1. The molecule has 0 radical (unpaired) electrons. The number of anilines is 1. The molecule has 2 heterocycles. The molecule has 1 aromatic carbocycles. The van der Waals surface area contributed by atoms with Crippen molar-refractivity contribution in [2.75, 3.05) is 31.2 Å². The van der Waals surface area contributed by atoms with Gasteiger partial charge in [0.05, 0.1) is 13.2 Å². The first kappa shape index (κ1) is 23.3. The van der Waals surface area contributed by atoms with Crippen LogP contribution in [0.4, 0.5) is 23.4 Å². The van der Waals surface area contributed by atoms with Crippen LogP contribution in [-0.4, -0.2) is 50.4 Å². The second-order valence-electron chi connectivity index (χ2n) is 6.63. The summed E-state index contributed by atoms with van der Waals surface area (Å²) in [6.07, 6.45) is 4.02. The van der Waals surface area contributed by atoms with Crippen molar-refractivity contribution in [3.63, 3.8) is 0 Å². The predicted octanol–water partition coefficient (Wildman–Crippen LogP) is 3.45. The summed E-state index contributed by atoms with van der Waals surface area (Å²) < 4.78 is 63.8. The zero-order chi connectivity index (χ0) is 22.9. The highest BCUT2D eigenvalue weighted by molar-refractivity contribution is 5.92. The summed E-state index contributed by atoms with van der Waals surface area (Å²) in [5.74, 6) is -0.432. The Balaban J connectivity index is 1.61. The maximum absolute atomic E-state index is 12.6. The van der Waals surface area contributed by atoms with E-state index in [1.54, 1.807) is 12.3 Å². The summed E-state index contributed by atoms with van der Waals surface area (Å²) in [5.41, 5.74) is 0.930. The fraction of sp³-hybridized carbons (Fsp3) is 0.333. The van der Waals surface area contributed by atoms with E-state index in [1.165, 1.54) is 12.1 Å². The molecule has 1 N–H and O–H groups in total. The number of benzene rings is 1. The summed E-state index contributed by atoms with van der Waals surface area (Å²) in [5, 5.41) is 2.69. The van der Waals surface area contributed by atoms with Gasteiger partial charge in [0.2, 0.25) is 5.91 Å². The number of alkyl halides is 4. The Morgan fingerprint density at radius 1 is 1.12 bits per heavy atom. The first-order valence-electron chi connectivity index (χ1n) is 9.68. The topological polar surface area (TPSA) is 72.9 Å². The Bertz CT molecular complexity index is 937. The van der Waals surface area contributed by atoms with Crippen molar-refractivity contribution < 1.29 is 36.6 Å². The van der Waals surface area contributed by atoms with E-state index in [0.717, 1.165) is 42.7 Å². The number of halogens is 4. The minimum Gasteiger partial charge on any atom is -0.435 e. The summed E-state index contributed by atoms with van der Waals surface area (Å²) in [6.45, 7) is -3.35. The van der Waals surface area contributed by atoms with Crippen LogP contribution in [0.5, 0.6) is 11.5 Å². The van der Waals surface area contributed by atoms with Crippen molar-refractivity contribution in [2.24, 2.45) is 0 Å². The monoisotopic (exact) mass is 455 g/mol. The van der Waals surface area contributed by atoms with Crippen molar-refractivity contribution >= 4 is 17.8 Å². The molecule has 7 nitrogen and oxygen atoms in total. The molecular weight excluding hydrogens is 434 g/mol. The van der Waals surface area contributed by atoms with Gasteiger partial charge in [0.1, 0.15) is 17.3 Å². The number of ether oxygens (including phenoxy) is 3. The summed E-state index contributed by atoms with van der Waals surface area (Å²) in [6, 6.07) is 6.93. The van der Waals surface area contributed by atoms with Crippen LogP contribution in [0.15, 0.2) is 42.6 Å². The van der Waals surface area contributed by atoms with Gasteiger partial charge in [-0.15, -0.1) is 0 Å². The van der Waals surface area contributed by atoms with E-state index >= 15 is 0 Å². The Hall–Kier alpha value is -3.34.